The normalized spacial score (nSPS) is 12.1. The van der Waals surface area contributed by atoms with Gasteiger partial charge in [-0.15, -0.1) is 0 Å². The van der Waals surface area contributed by atoms with Crippen molar-refractivity contribution < 1.29 is 15.0 Å². The SMILES string of the molecule is N#CC(c1cc(CO)cc(Cl)n1)c1c(Cl)cccc1Cl.NC(=O)C(c1cc(CO)cc(Cl)n1)c1c(Cl)cccc1Cl. The number of carbonyl (C=O) groups is 1. The van der Waals surface area contributed by atoms with Crippen molar-refractivity contribution in [2.45, 2.75) is 25.0 Å². The molecule has 7 nitrogen and oxygen atoms in total. The van der Waals surface area contributed by atoms with Gasteiger partial charge in [0.1, 0.15) is 22.1 Å². The molecule has 0 bridgehead atoms. The van der Waals surface area contributed by atoms with Crippen LogP contribution >= 0.6 is 69.6 Å². The lowest BCUT2D eigenvalue weighted by Gasteiger charge is -2.17. The van der Waals surface area contributed by atoms with Crippen molar-refractivity contribution in [1.82, 2.24) is 9.97 Å². The van der Waals surface area contributed by atoms with Crippen molar-refractivity contribution in [2.75, 3.05) is 0 Å². The summed E-state index contributed by atoms with van der Waals surface area (Å²) >= 11 is 36.3. The summed E-state index contributed by atoms with van der Waals surface area (Å²) in [6, 6.07) is 18.2. The molecule has 0 aliphatic rings. The predicted molar refractivity (Wildman–Crippen MR) is 162 cm³/mol. The standard InChI is InChI=1S/C14H11Cl3N2O2.C14H9Cl3N2O/c15-8-2-1-3-9(16)12(8)13(14(18)21)10-4-7(6-20)5-11(17)19-10;15-10-2-1-3-11(16)14(10)9(6-18)12-4-8(7-20)5-13(17)19-12/h1-5,13,20H,6H2,(H2,18,21);1-5,9,20H,7H2. The van der Waals surface area contributed by atoms with Gasteiger partial charge in [-0.2, -0.15) is 5.26 Å². The molecule has 0 saturated carbocycles. The fourth-order valence-corrected chi connectivity index (χ4v) is 5.62. The van der Waals surface area contributed by atoms with Crippen LogP contribution in [0.3, 0.4) is 0 Å². The van der Waals surface area contributed by atoms with Gasteiger partial charge in [-0.05, 0) is 59.7 Å². The van der Waals surface area contributed by atoms with Crippen LogP contribution in [-0.4, -0.2) is 26.1 Å². The number of nitrogens with two attached hydrogens (primary N) is 1. The van der Waals surface area contributed by atoms with Gasteiger partial charge in [-0.25, -0.2) is 9.97 Å². The fourth-order valence-electron chi connectivity index (χ4n) is 3.91. The zero-order valence-corrected chi connectivity index (χ0v) is 25.4. The van der Waals surface area contributed by atoms with Crippen molar-refractivity contribution in [3.8, 4) is 6.07 Å². The number of aliphatic hydroxyl groups is 2. The maximum Gasteiger partial charge on any atom is 0.231 e. The van der Waals surface area contributed by atoms with Gasteiger partial charge in [0.05, 0.1) is 30.7 Å². The molecule has 4 aromatic rings. The molecule has 4 N–H and O–H groups in total. The average Bonchev–Trinajstić information content (AvgIpc) is 2.92. The lowest BCUT2D eigenvalue weighted by atomic mass is 9.93. The highest BCUT2D eigenvalue weighted by molar-refractivity contribution is 6.37. The molecule has 2 heterocycles. The van der Waals surface area contributed by atoms with Crippen LogP contribution in [-0.2, 0) is 18.0 Å². The summed E-state index contributed by atoms with van der Waals surface area (Å²) in [5.41, 5.74) is 8.10. The summed E-state index contributed by atoms with van der Waals surface area (Å²) in [5, 5.41) is 29.6. The van der Waals surface area contributed by atoms with E-state index in [2.05, 4.69) is 16.0 Å². The summed E-state index contributed by atoms with van der Waals surface area (Å²) in [6.07, 6.45) is 0. The quantitative estimate of drug-likeness (QED) is 0.176. The van der Waals surface area contributed by atoms with E-state index in [9.17, 15) is 20.3 Å². The monoisotopic (exact) mass is 670 g/mol. The molecule has 2 aromatic heterocycles. The molecule has 0 saturated heterocycles. The number of hydrogen-bond acceptors (Lipinski definition) is 6. The number of aliphatic hydroxyl groups excluding tert-OH is 2. The third-order valence-corrected chi connectivity index (χ3v) is 7.40. The van der Waals surface area contributed by atoms with Crippen LogP contribution < -0.4 is 5.73 Å². The Kier molecular flexibility index (Phi) is 12.0. The summed E-state index contributed by atoms with van der Waals surface area (Å²) in [6.45, 7) is -0.430. The Labute approximate surface area is 266 Å². The largest absolute Gasteiger partial charge is 0.392 e. The number of nitrogens with zero attached hydrogens (tertiary/aromatic N) is 3. The molecule has 0 aliphatic heterocycles. The first-order chi connectivity index (χ1) is 19.5. The van der Waals surface area contributed by atoms with E-state index in [0.717, 1.165) is 0 Å². The van der Waals surface area contributed by atoms with Gasteiger partial charge in [-0.1, -0.05) is 81.7 Å². The minimum Gasteiger partial charge on any atom is -0.392 e. The van der Waals surface area contributed by atoms with Gasteiger partial charge < -0.3 is 15.9 Å². The molecule has 212 valence electrons. The Bertz CT molecular complexity index is 1570. The van der Waals surface area contributed by atoms with Crippen LogP contribution in [0.25, 0.3) is 0 Å². The molecule has 0 aliphatic carbocycles. The van der Waals surface area contributed by atoms with Crippen LogP contribution in [0.15, 0.2) is 60.7 Å². The molecule has 1 amide bonds. The lowest BCUT2D eigenvalue weighted by molar-refractivity contribution is -0.118. The molecular formula is C28H20Cl6N4O3. The highest BCUT2D eigenvalue weighted by atomic mass is 35.5. The van der Waals surface area contributed by atoms with E-state index in [1.165, 1.54) is 12.1 Å². The maximum atomic E-state index is 11.9. The third-order valence-electron chi connectivity index (χ3n) is 5.69. The first-order valence-corrected chi connectivity index (χ1v) is 13.9. The second kappa shape index (κ2) is 15.0. The van der Waals surface area contributed by atoms with Crippen molar-refractivity contribution >= 4 is 75.5 Å². The summed E-state index contributed by atoms with van der Waals surface area (Å²) in [7, 11) is 0. The van der Waals surface area contributed by atoms with Gasteiger partial charge in [0.2, 0.25) is 5.91 Å². The molecule has 0 radical (unpaired) electrons. The smallest absolute Gasteiger partial charge is 0.231 e. The van der Waals surface area contributed by atoms with E-state index in [1.54, 1.807) is 48.5 Å². The number of halogens is 6. The molecule has 4 rings (SSSR count). The molecule has 2 unspecified atom stereocenters. The minimum absolute atomic E-state index is 0.144. The maximum absolute atomic E-state index is 11.9. The summed E-state index contributed by atoms with van der Waals surface area (Å²) in [5.74, 6) is -2.36. The lowest BCUT2D eigenvalue weighted by Crippen LogP contribution is -2.24. The molecule has 2 aromatic carbocycles. The van der Waals surface area contributed by atoms with Crippen LogP contribution in [0.1, 0.15) is 45.5 Å². The van der Waals surface area contributed by atoms with Gasteiger partial charge in [0.25, 0.3) is 0 Å². The number of hydrogen-bond donors (Lipinski definition) is 3. The topological polar surface area (TPSA) is 133 Å². The van der Waals surface area contributed by atoms with Gasteiger partial charge in [-0.3, -0.25) is 4.79 Å². The highest BCUT2D eigenvalue weighted by Gasteiger charge is 2.27. The number of carbonyl (C=O) groups excluding carboxylic acids is 1. The Balaban J connectivity index is 0.000000226. The van der Waals surface area contributed by atoms with Gasteiger partial charge in [0, 0.05) is 31.2 Å². The molecule has 13 heteroatoms. The number of primary amides is 1. The van der Waals surface area contributed by atoms with Crippen LogP contribution in [0.5, 0.6) is 0 Å². The fraction of sp³-hybridized carbons (Fsp3) is 0.143. The number of amides is 1. The zero-order valence-electron chi connectivity index (χ0n) is 20.8. The number of pyridine rings is 2. The van der Waals surface area contributed by atoms with E-state index in [1.807, 2.05) is 0 Å². The summed E-state index contributed by atoms with van der Waals surface area (Å²) in [4.78, 5) is 20.1. The van der Waals surface area contributed by atoms with Crippen LogP contribution in [0.2, 0.25) is 30.4 Å². The third kappa shape index (κ3) is 8.23. The van der Waals surface area contributed by atoms with E-state index in [-0.39, 0.29) is 29.2 Å². The molecular weight excluding hydrogens is 653 g/mol. The highest BCUT2D eigenvalue weighted by Crippen LogP contribution is 2.36. The minimum atomic E-state index is -0.949. The Morgan fingerprint density at radius 2 is 1.17 bits per heavy atom. The van der Waals surface area contributed by atoms with E-state index in [4.69, 9.17) is 75.3 Å². The van der Waals surface area contributed by atoms with Crippen molar-refractivity contribution in [3.05, 3.63) is 125 Å². The zero-order chi connectivity index (χ0) is 30.3. The Morgan fingerprint density at radius 1 is 0.756 bits per heavy atom. The first kappa shape index (κ1) is 32.9. The van der Waals surface area contributed by atoms with Crippen LogP contribution in [0.4, 0.5) is 0 Å². The number of aromatic nitrogens is 2. The second-order valence-electron chi connectivity index (χ2n) is 8.43. The number of benzene rings is 2. The average molecular weight is 673 g/mol. The van der Waals surface area contributed by atoms with Crippen molar-refractivity contribution in [1.29, 1.82) is 5.26 Å². The number of nitriles is 1. The number of rotatable bonds is 7. The van der Waals surface area contributed by atoms with Crippen molar-refractivity contribution in [3.63, 3.8) is 0 Å². The van der Waals surface area contributed by atoms with E-state index in [0.29, 0.717) is 48.0 Å². The van der Waals surface area contributed by atoms with E-state index >= 15 is 0 Å². The molecule has 41 heavy (non-hydrogen) atoms. The van der Waals surface area contributed by atoms with E-state index < -0.39 is 17.7 Å². The summed E-state index contributed by atoms with van der Waals surface area (Å²) < 4.78 is 0. The Hall–Kier alpha value is -2.64. The molecule has 0 spiro atoms. The predicted octanol–water partition coefficient (Wildman–Crippen LogP) is 7.34. The first-order valence-electron chi connectivity index (χ1n) is 11.6. The van der Waals surface area contributed by atoms with Crippen molar-refractivity contribution in [2.24, 2.45) is 5.73 Å². The molecule has 2 atom stereocenters. The molecule has 0 fully saturated rings. The second-order valence-corrected chi connectivity index (χ2v) is 10.8. The van der Waals surface area contributed by atoms with Crippen LogP contribution in [0, 0.1) is 11.3 Å². The van der Waals surface area contributed by atoms with Gasteiger partial charge in [0.15, 0.2) is 0 Å². The Morgan fingerprint density at radius 3 is 1.59 bits per heavy atom. The van der Waals surface area contributed by atoms with Gasteiger partial charge >= 0.3 is 0 Å².